The van der Waals surface area contributed by atoms with Crippen LogP contribution in [-0.2, 0) is 0 Å². The van der Waals surface area contributed by atoms with E-state index in [9.17, 15) is 8.78 Å². The first-order valence-electron chi connectivity index (χ1n) is 7.63. The molecule has 1 heterocycles. The summed E-state index contributed by atoms with van der Waals surface area (Å²) in [6.07, 6.45) is 6.76. The molecule has 0 aromatic heterocycles. The number of rotatable bonds is 2. The molecule has 5 heteroatoms. The van der Waals surface area contributed by atoms with Gasteiger partial charge in [-0.2, -0.15) is 0 Å². The molecule has 0 amide bonds. The van der Waals surface area contributed by atoms with Gasteiger partial charge in [0.15, 0.2) is 0 Å². The van der Waals surface area contributed by atoms with Gasteiger partial charge in [0.2, 0.25) is 0 Å². The van der Waals surface area contributed by atoms with Crippen molar-refractivity contribution in [3.05, 3.63) is 29.3 Å². The quantitative estimate of drug-likeness (QED) is 0.843. The number of nitrogens with two attached hydrogens (primary N) is 1. The van der Waals surface area contributed by atoms with Gasteiger partial charge in [0.25, 0.3) is 0 Å². The maximum absolute atomic E-state index is 14.4. The molecule has 0 unspecified atom stereocenters. The molecule has 2 aliphatic rings. The number of piperidine rings is 1. The average molecular weight is 310 g/mol. The second kappa shape index (κ2) is 5.87. The van der Waals surface area contributed by atoms with Crippen LogP contribution < -0.4 is 10.6 Å². The third kappa shape index (κ3) is 2.76. The minimum absolute atomic E-state index is 0.0218. The van der Waals surface area contributed by atoms with Gasteiger partial charge in [-0.1, -0.05) is 25.1 Å². The maximum atomic E-state index is 14.4. The summed E-state index contributed by atoms with van der Waals surface area (Å²) >= 11 is 4.80. The molecule has 2 fully saturated rings. The van der Waals surface area contributed by atoms with E-state index in [1.165, 1.54) is 31.4 Å². The standard InChI is InChI=1S/C16H20F2N2S/c17-12-8-11(16(19)21)9-13(18)15(12)20-7-3-5-10-4-1-2-6-14(10)20/h8-10,14H,1-7H2,(H2,19,21)/t10-,14-/m1/s1. The first-order chi connectivity index (χ1) is 10.1. The van der Waals surface area contributed by atoms with E-state index in [4.69, 9.17) is 18.0 Å². The monoisotopic (exact) mass is 310 g/mol. The lowest BCUT2D eigenvalue weighted by molar-refractivity contribution is 0.241. The average Bonchev–Trinajstić information content (AvgIpc) is 2.46. The van der Waals surface area contributed by atoms with Crippen molar-refractivity contribution in [3.63, 3.8) is 0 Å². The molecule has 1 aromatic rings. The Morgan fingerprint density at radius 2 is 1.71 bits per heavy atom. The zero-order valence-electron chi connectivity index (χ0n) is 11.9. The third-order valence-corrected chi connectivity index (χ3v) is 5.07. The van der Waals surface area contributed by atoms with Crippen LogP contribution in [-0.4, -0.2) is 17.6 Å². The van der Waals surface area contributed by atoms with Gasteiger partial charge in [-0.15, -0.1) is 0 Å². The van der Waals surface area contributed by atoms with Gasteiger partial charge in [-0.05, 0) is 43.7 Å². The van der Waals surface area contributed by atoms with Crippen LogP contribution >= 0.6 is 12.2 Å². The molecule has 21 heavy (non-hydrogen) atoms. The molecular weight excluding hydrogens is 290 g/mol. The van der Waals surface area contributed by atoms with Crippen molar-refractivity contribution < 1.29 is 8.78 Å². The Balaban J connectivity index is 1.97. The summed E-state index contributed by atoms with van der Waals surface area (Å²) in [5, 5.41) is 0. The van der Waals surface area contributed by atoms with E-state index < -0.39 is 11.6 Å². The highest BCUT2D eigenvalue weighted by Crippen LogP contribution is 2.39. The SMILES string of the molecule is NC(=S)c1cc(F)c(N2CCC[C@H]3CCCC[C@H]32)c(F)c1. The van der Waals surface area contributed by atoms with Crippen LogP contribution in [0.15, 0.2) is 12.1 Å². The molecule has 1 saturated heterocycles. The summed E-state index contributed by atoms with van der Waals surface area (Å²) in [5.74, 6) is -0.533. The van der Waals surface area contributed by atoms with Gasteiger partial charge in [0, 0.05) is 18.2 Å². The van der Waals surface area contributed by atoms with Crippen LogP contribution in [0.25, 0.3) is 0 Å². The molecule has 1 aliphatic carbocycles. The Bertz CT molecular complexity index is 536. The molecule has 3 rings (SSSR count). The normalized spacial score (nSPS) is 25.5. The molecule has 0 radical (unpaired) electrons. The van der Waals surface area contributed by atoms with E-state index in [-0.39, 0.29) is 22.3 Å². The summed E-state index contributed by atoms with van der Waals surface area (Å²) in [7, 11) is 0. The highest BCUT2D eigenvalue weighted by atomic mass is 32.1. The van der Waals surface area contributed by atoms with Crippen LogP contribution in [0.3, 0.4) is 0 Å². The number of thiocarbonyl (C=S) groups is 1. The lowest BCUT2D eigenvalue weighted by atomic mass is 9.78. The minimum Gasteiger partial charge on any atom is -0.389 e. The van der Waals surface area contributed by atoms with E-state index in [1.54, 1.807) is 0 Å². The van der Waals surface area contributed by atoms with Crippen molar-refractivity contribution >= 4 is 22.9 Å². The highest BCUT2D eigenvalue weighted by Gasteiger charge is 2.35. The molecule has 2 atom stereocenters. The first-order valence-corrected chi connectivity index (χ1v) is 8.04. The molecule has 2 N–H and O–H groups in total. The third-order valence-electron chi connectivity index (χ3n) is 4.83. The number of fused-ring (bicyclic) bond motifs is 1. The van der Waals surface area contributed by atoms with Crippen LogP contribution in [0.5, 0.6) is 0 Å². The summed E-state index contributed by atoms with van der Waals surface area (Å²) < 4.78 is 28.8. The van der Waals surface area contributed by atoms with Crippen molar-refractivity contribution in [2.45, 2.75) is 44.6 Å². The van der Waals surface area contributed by atoms with Crippen LogP contribution in [0, 0.1) is 17.6 Å². The molecule has 2 nitrogen and oxygen atoms in total. The van der Waals surface area contributed by atoms with Crippen LogP contribution in [0.2, 0.25) is 0 Å². The van der Waals surface area contributed by atoms with Crippen molar-refractivity contribution in [3.8, 4) is 0 Å². The van der Waals surface area contributed by atoms with Crippen molar-refractivity contribution in [2.75, 3.05) is 11.4 Å². The van der Waals surface area contributed by atoms with Crippen molar-refractivity contribution in [1.82, 2.24) is 0 Å². The molecule has 0 spiro atoms. The fourth-order valence-corrected chi connectivity index (χ4v) is 4.00. The first kappa shape index (κ1) is 14.7. The molecule has 1 aliphatic heterocycles. The van der Waals surface area contributed by atoms with E-state index in [0.29, 0.717) is 5.92 Å². The zero-order chi connectivity index (χ0) is 15.0. The predicted octanol–water partition coefficient (Wildman–Crippen LogP) is 3.76. The van der Waals surface area contributed by atoms with Gasteiger partial charge in [0.05, 0.1) is 0 Å². The molecule has 1 saturated carbocycles. The van der Waals surface area contributed by atoms with Crippen LogP contribution in [0.1, 0.15) is 44.1 Å². The van der Waals surface area contributed by atoms with Gasteiger partial charge < -0.3 is 10.6 Å². The van der Waals surface area contributed by atoms with Crippen molar-refractivity contribution in [1.29, 1.82) is 0 Å². The summed E-state index contributed by atoms with van der Waals surface area (Å²) in [6.45, 7) is 0.724. The number of hydrogen-bond acceptors (Lipinski definition) is 2. The fourth-order valence-electron chi connectivity index (χ4n) is 3.88. The van der Waals surface area contributed by atoms with Gasteiger partial charge in [-0.3, -0.25) is 0 Å². The van der Waals surface area contributed by atoms with E-state index in [1.807, 2.05) is 4.90 Å². The molecule has 1 aromatic carbocycles. The fraction of sp³-hybridized carbons (Fsp3) is 0.562. The maximum Gasteiger partial charge on any atom is 0.150 e. The molecule has 0 bridgehead atoms. The second-order valence-corrected chi connectivity index (χ2v) is 6.54. The van der Waals surface area contributed by atoms with Crippen molar-refractivity contribution in [2.24, 2.45) is 11.7 Å². The Hall–Kier alpha value is -1.23. The number of nitrogens with zero attached hydrogens (tertiary/aromatic N) is 1. The zero-order valence-corrected chi connectivity index (χ0v) is 12.8. The lowest BCUT2D eigenvalue weighted by Crippen LogP contribution is -2.47. The van der Waals surface area contributed by atoms with E-state index in [0.717, 1.165) is 25.8 Å². The minimum atomic E-state index is -0.552. The largest absolute Gasteiger partial charge is 0.389 e. The Morgan fingerprint density at radius 1 is 1.10 bits per heavy atom. The number of halogens is 2. The Kier molecular flexibility index (Phi) is 4.11. The van der Waals surface area contributed by atoms with Crippen LogP contribution in [0.4, 0.5) is 14.5 Å². The number of hydrogen-bond donors (Lipinski definition) is 1. The summed E-state index contributed by atoms with van der Waals surface area (Å²) in [5.41, 5.74) is 5.82. The molecular formula is C16H20F2N2S. The lowest BCUT2D eigenvalue weighted by Gasteiger charge is -2.45. The molecule has 114 valence electrons. The van der Waals surface area contributed by atoms with Gasteiger partial charge >= 0.3 is 0 Å². The van der Waals surface area contributed by atoms with E-state index >= 15 is 0 Å². The van der Waals surface area contributed by atoms with Gasteiger partial charge in [0.1, 0.15) is 22.3 Å². The Labute approximate surface area is 129 Å². The number of anilines is 1. The highest BCUT2D eigenvalue weighted by molar-refractivity contribution is 7.80. The summed E-state index contributed by atoms with van der Waals surface area (Å²) in [6, 6.07) is 2.78. The Morgan fingerprint density at radius 3 is 2.38 bits per heavy atom. The second-order valence-electron chi connectivity index (χ2n) is 6.10. The van der Waals surface area contributed by atoms with Gasteiger partial charge in [-0.25, -0.2) is 8.78 Å². The predicted molar refractivity (Wildman–Crippen MR) is 84.6 cm³/mol. The smallest absolute Gasteiger partial charge is 0.150 e. The topological polar surface area (TPSA) is 29.3 Å². The van der Waals surface area contributed by atoms with E-state index in [2.05, 4.69) is 0 Å². The number of benzene rings is 1. The summed E-state index contributed by atoms with van der Waals surface area (Å²) in [4.78, 5) is 1.97.